The van der Waals surface area contributed by atoms with Gasteiger partial charge in [0, 0.05) is 38.3 Å². The van der Waals surface area contributed by atoms with Crippen LogP contribution in [0.25, 0.3) is 0 Å². The van der Waals surface area contributed by atoms with E-state index in [0.717, 1.165) is 64.0 Å². The van der Waals surface area contributed by atoms with Gasteiger partial charge in [-0.1, -0.05) is 0 Å². The van der Waals surface area contributed by atoms with Crippen molar-refractivity contribution < 1.29 is 14.5 Å². The van der Waals surface area contributed by atoms with Crippen LogP contribution in [0.5, 0.6) is 0 Å². The maximum absolute atomic E-state index is 12.8. The molecule has 2 fully saturated rings. The number of amides is 2. The molecule has 2 saturated heterocycles. The quantitative estimate of drug-likeness (QED) is 0.385. The van der Waals surface area contributed by atoms with Crippen LogP contribution in [-0.4, -0.2) is 60.9 Å². The summed E-state index contributed by atoms with van der Waals surface area (Å²) in [6.07, 6.45) is 4.65. The molecule has 9 nitrogen and oxygen atoms in total. The zero-order valence-corrected chi connectivity index (χ0v) is 16.6. The first kappa shape index (κ1) is 21.0. The summed E-state index contributed by atoms with van der Waals surface area (Å²) in [4.78, 5) is 39.1. The summed E-state index contributed by atoms with van der Waals surface area (Å²) in [5, 5.41) is 14.0. The number of anilines is 1. The third-order valence-corrected chi connectivity index (χ3v) is 5.73. The molecular formula is C20H29N5O4. The minimum atomic E-state index is -0.476. The summed E-state index contributed by atoms with van der Waals surface area (Å²) < 4.78 is 0. The minimum absolute atomic E-state index is 0.0797. The molecule has 2 aliphatic rings. The fraction of sp³-hybridized carbons (Fsp3) is 0.600. The number of rotatable bonds is 8. The number of non-ortho nitro benzene ring substituents is 1. The van der Waals surface area contributed by atoms with Crippen molar-refractivity contribution in [3.63, 3.8) is 0 Å². The SMILES string of the molecule is NC(=O)C1CCCN(CCCNC(=O)c2cc([N+](=O)[O-])ccc2N2CCCC2)C1. The third kappa shape index (κ3) is 5.44. The van der Waals surface area contributed by atoms with Gasteiger partial charge in [0.15, 0.2) is 0 Å². The normalized spacial score (nSPS) is 19.9. The highest BCUT2D eigenvalue weighted by atomic mass is 16.6. The first-order valence-corrected chi connectivity index (χ1v) is 10.3. The average molecular weight is 403 g/mol. The zero-order chi connectivity index (χ0) is 20.8. The van der Waals surface area contributed by atoms with Crippen molar-refractivity contribution in [2.45, 2.75) is 32.1 Å². The number of likely N-dealkylation sites (tertiary alicyclic amines) is 1. The van der Waals surface area contributed by atoms with Crippen molar-refractivity contribution in [3.8, 4) is 0 Å². The summed E-state index contributed by atoms with van der Waals surface area (Å²) in [6.45, 7) is 4.56. The second kappa shape index (κ2) is 9.69. The monoisotopic (exact) mass is 403 g/mol. The summed E-state index contributed by atoms with van der Waals surface area (Å²) in [6, 6.07) is 4.50. The maximum Gasteiger partial charge on any atom is 0.270 e. The molecule has 3 rings (SSSR count). The van der Waals surface area contributed by atoms with Gasteiger partial charge in [0.05, 0.1) is 22.1 Å². The van der Waals surface area contributed by atoms with Crippen LogP contribution < -0.4 is 16.0 Å². The van der Waals surface area contributed by atoms with Crippen LogP contribution in [0.1, 0.15) is 42.5 Å². The van der Waals surface area contributed by atoms with Crippen LogP contribution in [0.3, 0.4) is 0 Å². The number of carbonyl (C=O) groups is 2. The van der Waals surface area contributed by atoms with Crippen LogP contribution in [0.15, 0.2) is 18.2 Å². The Morgan fingerprint density at radius 2 is 1.97 bits per heavy atom. The number of primary amides is 1. The molecule has 0 spiro atoms. The third-order valence-electron chi connectivity index (χ3n) is 5.73. The Kier molecular flexibility index (Phi) is 7.03. The Bertz CT molecular complexity index is 763. The molecule has 1 atom stereocenters. The molecule has 1 aromatic carbocycles. The smallest absolute Gasteiger partial charge is 0.270 e. The van der Waals surface area contributed by atoms with Crippen LogP contribution >= 0.6 is 0 Å². The average Bonchev–Trinajstić information content (AvgIpc) is 3.25. The van der Waals surface area contributed by atoms with Gasteiger partial charge >= 0.3 is 0 Å². The topological polar surface area (TPSA) is 122 Å². The Balaban J connectivity index is 1.56. The fourth-order valence-corrected chi connectivity index (χ4v) is 4.14. The van der Waals surface area contributed by atoms with Crippen molar-refractivity contribution in [1.82, 2.24) is 10.2 Å². The van der Waals surface area contributed by atoms with E-state index in [1.54, 1.807) is 6.07 Å². The summed E-state index contributed by atoms with van der Waals surface area (Å²) >= 11 is 0. The Morgan fingerprint density at radius 3 is 2.66 bits per heavy atom. The predicted molar refractivity (Wildman–Crippen MR) is 110 cm³/mol. The predicted octanol–water partition coefficient (Wildman–Crippen LogP) is 1.51. The molecule has 1 unspecified atom stereocenters. The molecule has 2 heterocycles. The molecule has 0 bridgehead atoms. The molecule has 29 heavy (non-hydrogen) atoms. The van der Waals surface area contributed by atoms with E-state index < -0.39 is 4.92 Å². The highest BCUT2D eigenvalue weighted by Crippen LogP contribution is 2.28. The summed E-state index contributed by atoms with van der Waals surface area (Å²) in [5.74, 6) is -0.626. The Morgan fingerprint density at radius 1 is 1.21 bits per heavy atom. The number of nitrogens with zero attached hydrogens (tertiary/aromatic N) is 3. The van der Waals surface area contributed by atoms with E-state index in [1.165, 1.54) is 12.1 Å². The number of hydrogen-bond donors (Lipinski definition) is 2. The van der Waals surface area contributed by atoms with E-state index in [-0.39, 0.29) is 23.4 Å². The van der Waals surface area contributed by atoms with Crippen molar-refractivity contribution in [2.75, 3.05) is 44.2 Å². The number of carbonyl (C=O) groups excluding carboxylic acids is 2. The first-order chi connectivity index (χ1) is 14.0. The molecule has 0 saturated carbocycles. The van der Waals surface area contributed by atoms with Gasteiger partial charge in [-0.05, 0) is 51.3 Å². The number of nitro benzene ring substituents is 1. The molecular weight excluding hydrogens is 374 g/mol. The zero-order valence-electron chi connectivity index (χ0n) is 16.6. The maximum atomic E-state index is 12.8. The lowest BCUT2D eigenvalue weighted by molar-refractivity contribution is -0.384. The van der Waals surface area contributed by atoms with Crippen molar-refractivity contribution in [3.05, 3.63) is 33.9 Å². The minimum Gasteiger partial charge on any atom is -0.371 e. The summed E-state index contributed by atoms with van der Waals surface area (Å²) in [7, 11) is 0. The van der Waals surface area contributed by atoms with Gasteiger partial charge in [0.25, 0.3) is 11.6 Å². The standard InChI is InChI=1S/C20H29N5O4/c21-19(26)15-5-3-9-23(14-15)10-4-8-22-20(27)17-13-16(25(28)29)6-7-18(17)24-11-1-2-12-24/h6-7,13,15H,1-5,8-12,14H2,(H2,21,26)(H,22,27). The van der Waals surface area contributed by atoms with Crippen molar-refractivity contribution >= 4 is 23.2 Å². The number of benzene rings is 1. The van der Waals surface area contributed by atoms with E-state index >= 15 is 0 Å². The Labute approximate surface area is 170 Å². The molecule has 1 aromatic rings. The van der Waals surface area contributed by atoms with Crippen molar-refractivity contribution in [1.29, 1.82) is 0 Å². The lowest BCUT2D eigenvalue weighted by Crippen LogP contribution is -2.42. The van der Waals surface area contributed by atoms with E-state index in [2.05, 4.69) is 15.1 Å². The van der Waals surface area contributed by atoms with Gasteiger partial charge < -0.3 is 20.9 Å². The molecule has 9 heteroatoms. The van der Waals surface area contributed by atoms with Gasteiger partial charge in [0.1, 0.15) is 0 Å². The van der Waals surface area contributed by atoms with Crippen LogP contribution in [0, 0.1) is 16.0 Å². The van der Waals surface area contributed by atoms with Crippen LogP contribution in [-0.2, 0) is 4.79 Å². The fourth-order valence-electron chi connectivity index (χ4n) is 4.14. The van der Waals surface area contributed by atoms with Gasteiger partial charge in [-0.25, -0.2) is 0 Å². The van der Waals surface area contributed by atoms with Gasteiger partial charge in [-0.15, -0.1) is 0 Å². The number of piperidine rings is 1. The van der Waals surface area contributed by atoms with E-state index in [1.807, 2.05) is 0 Å². The van der Waals surface area contributed by atoms with E-state index in [9.17, 15) is 19.7 Å². The lowest BCUT2D eigenvalue weighted by atomic mass is 9.97. The number of nitro groups is 1. The molecule has 0 aromatic heterocycles. The first-order valence-electron chi connectivity index (χ1n) is 10.3. The molecule has 0 aliphatic carbocycles. The van der Waals surface area contributed by atoms with Gasteiger partial charge in [0.2, 0.25) is 5.91 Å². The summed E-state index contributed by atoms with van der Waals surface area (Å²) in [5.41, 5.74) is 6.44. The largest absolute Gasteiger partial charge is 0.371 e. The van der Waals surface area contributed by atoms with Crippen molar-refractivity contribution in [2.24, 2.45) is 11.7 Å². The second-order valence-electron chi connectivity index (χ2n) is 7.80. The molecule has 0 radical (unpaired) electrons. The molecule has 158 valence electrons. The van der Waals surface area contributed by atoms with E-state index in [0.29, 0.717) is 18.7 Å². The molecule has 3 N–H and O–H groups in total. The number of hydrogen-bond acceptors (Lipinski definition) is 6. The van der Waals surface area contributed by atoms with Gasteiger partial charge in [-0.2, -0.15) is 0 Å². The Hall–Kier alpha value is -2.68. The highest BCUT2D eigenvalue weighted by molar-refractivity contribution is 6.00. The van der Waals surface area contributed by atoms with Gasteiger partial charge in [-0.3, -0.25) is 19.7 Å². The second-order valence-corrected chi connectivity index (χ2v) is 7.80. The van der Waals surface area contributed by atoms with Crippen LogP contribution in [0.4, 0.5) is 11.4 Å². The van der Waals surface area contributed by atoms with Crippen LogP contribution in [0.2, 0.25) is 0 Å². The number of nitrogens with one attached hydrogen (secondary N) is 1. The van der Waals surface area contributed by atoms with E-state index in [4.69, 9.17) is 5.73 Å². The lowest BCUT2D eigenvalue weighted by Gasteiger charge is -2.31. The molecule has 2 amide bonds. The molecule has 2 aliphatic heterocycles. The number of nitrogens with two attached hydrogens (primary N) is 1. The highest BCUT2D eigenvalue weighted by Gasteiger charge is 2.24.